The van der Waals surface area contributed by atoms with E-state index in [0.717, 1.165) is 31.9 Å². The summed E-state index contributed by atoms with van der Waals surface area (Å²) in [5, 5.41) is 2.95. The standard InChI is InChI=1S/C14H19N5O/c1-2-4-12(15)13(20)18-11-5-9-19(10-6-11)14-16-7-3-8-17-14/h1,3,7-8,11-12H,4-6,9-10,15H2,(H,18,20). The Labute approximate surface area is 118 Å². The van der Waals surface area contributed by atoms with E-state index in [1.54, 1.807) is 18.5 Å². The number of nitrogens with one attached hydrogen (secondary N) is 1. The van der Waals surface area contributed by atoms with Crippen molar-refractivity contribution < 1.29 is 4.79 Å². The molecule has 1 aliphatic heterocycles. The van der Waals surface area contributed by atoms with Crippen molar-refractivity contribution in [1.82, 2.24) is 15.3 Å². The molecule has 6 heteroatoms. The molecule has 0 bridgehead atoms. The van der Waals surface area contributed by atoms with E-state index in [2.05, 4.69) is 26.1 Å². The zero-order valence-corrected chi connectivity index (χ0v) is 11.3. The number of hydrogen-bond donors (Lipinski definition) is 2. The van der Waals surface area contributed by atoms with Gasteiger partial charge in [0.1, 0.15) is 0 Å². The number of rotatable bonds is 4. The highest BCUT2D eigenvalue weighted by atomic mass is 16.2. The van der Waals surface area contributed by atoms with E-state index in [1.165, 1.54) is 0 Å². The summed E-state index contributed by atoms with van der Waals surface area (Å²) >= 11 is 0. The minimum atomic E-state index is -0.615. The molecule has 6 nitrogen and oxygen atoms in total. The summed E-state index contributed by atoms with van der Waals surface area (Å²) in [7, 11) is 0. The van der Waals surface area contributed by atoms with Crippen molar-refractivity contribution in [2.45, 2.75) is 31.3 Å². The summed E-state index contributed by atoms with van der Waals surface area (Å²) in [6.45, 7) is 1.64. The number of nitrogens with two attached hydrogens (primary N) is 1. The van der Waals surface area contributed by atoms with Crippen LogP contribution < -0.4 is 16.0 Å². The van der Waals surface area contributed by atoms with Gasteiger partial charge in [0.25, 0.3) is 0 Å². The van der Waals surface area contributed by atoms with Crippen LogP contribution in [-0.4, -0.2) is 41.0 Å². The van der Waals surface area contributed by atoms with E-state index < -0.39 is 6.04 Å². The largest absolute Gasteiger partial charge is 0.352 e. The number of hydrogen-bond acceptors (Lipinski definition) is 5. The van der Waals surface area contributed by atoms with Gasteiger partial charge in [-0.2, -0.15) is 0 Å². The molecule has 1 unspecified atom stereocenters. The molecule has 1 aromatic rings. The molecule has 20 heavy (non-hydrogen) atoms. The Morgan fingerprint density at radius 3 is 2.75 bits per heavy atom. The van der Waals surface area contributed by atoms with Crippen molar-refractivity contribution in [3.63, 3.8) is 0 Å². The Bertz CT molecular complexity index is 476. The Hall–Kier alpha value is -2.13. The summed E-state index contributed by atoms with van der Waals surface area (Å²) < 4.78 is 0. The molecule has 0 aliphatic carbocycles. The maximum atomic E-state index is 11.8. The van der Waals surface area contributed by atoms with Gasteiger partial charge in [0.2, 0.25) is 11.9 Å². The van der Waals surface area contributed by atoms with Crippen molar-refractivity contribution in [2.75, 3.05) is 18.0 Å². The lowest BCUT2D eigenvalue weighted by Crippen LogP contribution is -2.49. The fourth-order valence-electron chi connectivity index (χ4n) is 2.21. The molecule has 0 radical (unpaired) electrons. The first kappa shape index (κ1) is 14.3. The molecule has 0 spiro atoms. The topological polar surface area (TPSA) is 84.1 Å². The molecular weight excluding hydrogens is 254 g/mol. The average Bonchev–Trinajstić information content (AvgIpc) is 2.49. The lowest BCUT2D eigenvalue weighted by molar-refractivity contribution is -0.123. The number of anilines is 1. The lowest BCUT2D eigenvalue weighted by atomic mass is 10.0. The predicted octanol–water partition coefficient (Wildman–Crippen LogP) is -0.0878. The third-order valence-electron chi connectivity index (χ3n) is 3.35. The third kappa shape index (κ3) is 3.68. The second-order valence-electron chi connectivity index (χ2n) is 4.83. The quantitative estimate of drug-likeness (QED) is 0.749. The van der Waals surface area contributed by atoms with Crippen LogP contribution in [0.15, 0.2) is 18.5 Å². The van der Waals surface area contributed by atoms with E-state index in [1.807, 2.05) is 0 Å². The van der Waals surface area contributed by atoms with Gasteiger partial charge in [0.15, 0.2) is 0 Å². The van der Waals surface area contributed by atoms with Crippen molar-refractivity contribution >= 4 is 11.9 Å². The molecule has 0 aromatic carbocycles. The Balaban J connectivity index is 1.80. The second kappa shape index (κ2) is 6.87. The van der Waals surface area contributed by atoms with Crippen LogP contribution >= 0.6 is 0 Å². The molecule has 1 atom stereocenters. The molecule has 1 amide bonds. The highest BCUT2D eigenvalue weighted by molar-refractivity contribution is 5.82. The van der Waals surface area contributed by atoms with E-state index >= 15 is 0 Å². The highest BCUT2D eigenvalue weighted by Crippen LogP contribution is 2.15. The fraction of sp³-hybridized carbons (Fsp3) is 0.500. The first-order chi connectivity index (χ1) is 9.70. The number of nitrogens with zero attached hydrogens (tertiary/aromatic N) is 3. The van der Waals surface area contributed by atoms with Crippen LogP contribution in [0.1, 0.15) is 19.3 Å². The Morgan fingerprint density at radius 1 is 1.50 bits per heavy atom. The molecule has 2 rings (SSSR count). The first-order valence-electron chi connectivity index (χ1n) is 6.72. The van der Waals surface area contributed by atoms with Gasteiger partial charge in [-0.3, -0.25) is 4.79 Å². The smallest absolute Gasteiger partial charge is 0.238 e. The van der Waals surface area contributed by atoms with Crippen LogP contribution in [0.2, 0.25) is 0 Å². The molecule has 1 aliphatic rings. The summed E-state index contributed by atoms with van der Waals surface area (Å²) in [5.41, 5.74) is 5.68. The maximum Gasteiger partial charge on any atom is 0.238 e. The number of aromatic nitrogens is 2. The second-order valence-corrected chi connectivity index (χ2v) is 4.83. The number of carbonyl (C=O) groups is 1. The van der Waals surface area contributed by atoms with Gasteiger partial charge in [-0.1, -0.05) is 0 Å². The van der Waals surface area contributed by atoms with Gasteiger partial charge in [-0.05, 0) is 18.9 Å². The van der Waals surface area contributed by atoms with Gasteiger partial charge in [0.05, 0.1) is 6.04 Å². The first-order valence-corrected chi connectivity index (χ1v) is 6.72. The molecule has 1 fully saturated rings. The van der Waals surface area contributed by atoms with E-state index in [-0.39, 0.29) is 18.4 Å². The molecular formula is C14H19N5O. The van der Waals surface area contributed by atoms with Gasteiger partial charge in [-0.25, -0.2) is 9.97 Å². The fourth-order valence-corrected chi connectivity index (χ4v) is 2.21. The number of amides is 1. The zero-order chi connectivity index (χ0) is 14.4. The third-order valence-corrected chi connectivity index (χ3v) is 3.35. The molecule has 2 heterocycles. The van der Waals surface area contributed by atoms with Crippen LogP contribution in [0.3, 0.4) is 0 Å². The normalized spacial score (nSPS) is 17.3. The molecule has 1 saturated heterocycles. The molecule has 106 valence electrons. The van der Waals surface area contributed by atoms with E-state index in [4.69, 9.17) is 12.2 Å². The minimum absolute atomic E-state index is 0.145. The summed E-state index contributed by atoms with van der Waals surface area (Å²) in [5.74, 6) is 2.97. The van der Waals surface area contributed by atoms with Crippen LogP contribution in [-0.2, 0) is 4.79 Å². The molecule has 1 aromatic heterocycles. The van der Waals surface area contributed by atoms with Gasteiger partial charge >= 0.3 is 0 Å². The predicted molar refractivity (Wildman–Crippen MR) is 76.8 cm³/mol. The van der Waals surface area contributed by atoms with Crippen molar-refractivity contribution in [1.29, 1.82) is 0 Å². The Kier molecular flexibility index (Phi) is 4.91. The maximum absolute atomic E-state index is 11.8. The van der Waals surface area contributed by atoms with Crippen LogP contribution in [0.25, 0.3) is 0 Å². The van der Waals surface area contributed by atoms with Gasteiger partial charge in [0, 0.05) is 37.9 Å². The molecule has 0 saturated carbocycles. The van der Waals surface area contributed by atoms with Gasteiger partial charge < -0.3 is 16.0 Å². The summed E-state index contributed by atoms with van der Waals surface area (Å²) in [6.07, 6.45) is 10.6. The average molecular weight is 273 g/mol. The monoisotopic (exact) mass is 273 g/mol. The van der Waals surface area contributed by atoms with Crippen LogP contribution in [0.4, 0.5) is 5.95 Å². The van der Waals surface area contributed by atoms with Crippen LogP contribution in [0, 0.1) is 12.3 Å². The Morgan fingerprint density at radius 2 is 2.15 bits per heavy atom. The van der Waals surface area contributed by atoms with E-state index in [0.29, 0.717) is 0 Å². The lowest BCUT2D eigenvalue weighted by Gasteiger charge is -2.32. The van der Waals surface area contributed by atoms with Crippen molar-refractivity contribution in [3.05, 3.63) is 18.5 Å². The highest BCUT2D eigenvalue weighted by Gasteiger charge is 2.23. The number of carbonyl (C=O) groups excluding carboxylic acids is 1. The number of piperidine rings is 1. The van der Waals surface area contributed by atoms with E-state index in [9.17, 15) is 4.79 Å². The SMILES string of the molecule is C#CCC(N)C(=O)NC1CCN(c2ncccn2)CC1. The summed E-state index contributed by atoms with van der Waals surface area (Å²) in [6, 6.07) is 1.32. The zero-order valence-electron chi connectivity index (χ0n) is 11.3. The van der Waals surface area contributed by atoms with Crippen molar-refractivity contribution in [3.8, 4) is 12.3 Å². The minimum Gasteiger partial charge on any atom is -0.352 e. The van der Waals surface area contributed by atoms with Crippen LogP contribution in [0.5, 0.6) is 0 Å². The van der Waals surface area contributed by atoms with Crippen molar-refractivity contribution in [2.24, 2.45) is 5.73 Å². The molecule has 3 N–H and O–H groups in total. The summed E-state index contributed by atoms with van der Waals surface area (Å²) in [4.78, 5) is 22.4. The number of terminal acetylenes is 1. The van der Waals surface area contributed by atoms with Gasteiger partial charge in [-0.15, -0.1) is 12.3 Å².